The summed E-state index contributed by atoms with van der Waals surface area (Å²) in [6, 6.07) is 8.57. The first-order valence-electron chi connectivity index (χ1n) is 10.5. The van der Waals surface area contributed by atoms with Gasteiger partial charge in [0.2, 0.25) is 11.7 Å². The molecule has 0 saturated heterocycles. The lowest BCUT2D eigenvalue weighted by atomic mass is 9.95. The molecule has 0 radical (unpaired) electrons. The summed E-state index contributed by atoms with van der Waals surface area (Å²) >= 11 is 6.23. The van der Waals surface area contributed by atoms with E-state index in [2.05, 4.69) is 25.3 Å². The number of oxazole rings is 1. The fourth-order valence-corrected chi connectivity index (χ4v) is 3.82. The molecule has 0 unspecified atom stereocenters. The highest BCUT2D eigenvalue weighted by molar-refractivity contribution is 6.31. The van der Waals surface area contributed by atoms with Gasteiger partial charge in [-0.15, -0.1) is 0 Å². The maximum atomic E-state index is 14.7. The molecule has 2 aromatic heterocycles. The molecule has 36 heavy (non-hydrogen) atoms. The van der Waals surface area contributed by atoms with E-state index < -0.39 is 17.6 Å². The van der Waals surface area contributed by atoms with Crippen molar-refractivity contribution < 1.29 is 22.7 Å². The van der Waals surface area contributed by atoms with Gasteiger partial charge >= 0.3 is 12.0 Å². The number of ether oxygens (including phenoxy) is 1. The standard InChI is InChI=1S/C24H16ClF2N5O3.CH4/c1-2-34-22(33)18-11-30-24(35-18)32-23-29-10-12-9-28-21(19-16(26)4-3-5-17(19)27)15-8-13(25)6-7-14(15)20(12)31-23;/h3-8,10-11H,2,9H2,1H3,(H,29,30,31,32);1H4. The Morgan fingerprint density at radius 2 is 1.92 bits per heavy atom. The van der Waals surface area contributed by atoms with Crippen LogP contribution in [0.5, 0.6) is 0 Å². The normalized spacial score (nSPS) is 11.9. The largest absolute Gasteiger partial charge is 0.460 e. The zero-order chi connectivity index (χ0) is 24.5. The van der Waals surface area contributed by atoms with Gasteiger partial charge in [-0.25, -0.2) is 28.5 Å². The number of benzene rings is 2. The SMILES string of the molecule is C.CCOC(=O)c1cnc(Nc2ncc3c(n2)-c2ccc(Cl)cc2C(c2c(F)cccc2F)=NC3)o1. The molecule has 8 nitrogen and oxygen atoms in total. The number of aliphatic imine (C=N–C) groups is 1. The molecule has 1 N–H and O–H groups in total. The van der Waals surface area contributed by atoms with Crippen LogP contribution in [0.2, 0.25) is 5.02 Å². The minimum atomic E-state index is -0.740. The van der Waals surface area contributed by atoms with Crippen LogP contribution in [-0.2, 0) is 11.3 Å². The summed E-state index contributed by atoms with van der Waals surface area (Å²) in [5.41, 5.74) is 1.98. The zero-order valence-corrected chi connectivity index (χ0v) is 18.9. The van der Waals surface area contributed by atoms with E-state index in [-0.39, 0.29) is 49.6 Å². The molecule has 0 atom stereocenters. The Hall–Kier alpha value is -4.18. The first-order chi connectivity index (χ1) is 16.9. The van der Waals surface area contributed by atoms with E-state index in [0.29, 0.717) is 27.4 Å². The smallest absolute Gasteiger partial charge is 0.376 e. The Morgan fingerprint density at radius 1 is 1.14 bits per heavy atom. The number of halogens is 3. The second-order valence-electron chi connectivity index (χ2n) is 7.39. The van der Waals surface area contributed by atoms with E-state index in [4.69, 9.17) is 20.8 Å². The number of anilines is 2. The van der Waals surface area contributed by atoms with Crippen LogP contribution in [-0.4, -0.2) is 33.2 Å². The van der Waals surface area contributed by atoms with E-state index in [1.54, 1.807) is 31.3 Å². The topological polar surface area (TPSA) is 102 Å². The minimum absolute atomic E-state index is 0. The van der Waals surface area contributed by atoms with Crippen molar-refractivity contribution in [2.24, 2.45) is 4.99 Å². The molecular weight excluding hydrogens is 492 g/mol. The number of nitrogens with zero attached hydrogens (tertiary/aromatic N) is 4. The number of fused-ring (bicyclic) bond motifs is 3. The summed E-state index contributed by atoms with van der Waals surface area (Å²) in [7, 11) is 0. The second-order valence-corrected chi connectivity index (χ2v) is 7.83. The summed E-state index contributed by atoms with van der Waals surface area (Å²) in [5, 5.41) is 3.17. The molecule has 2 aromatic carbocycles. The van der Waals surface area contributed by atoms with Gasteiger partial charge in [-0.3, -0.25) is 10.3 Å². The molecule has 0 bridgehead atoms. The van der Waals surface area contributed by atoms with Gasteiger partial charge in [-0.05, 0) is 31.2 Å². The summed E-state index contributed by atoms with van der Waals surface area (Å²) in [6.45, 7) is 1.95. The number of rotatable bonds is 5. The molecule has 11 heteroatoms. The molecule has 184 valence electrons. The Morgan fingerprint density at radius 3 is 2.67 bits per heavy atom. The van der Waals surface area contributed by atoms with E-state index in [1.165, 1.54) is 24.4 Å². The van der Waals surface area contributed by atoms with Crippen LogP contribution in [0, 0.1) is 11.6 Å². The van der Waals surface area contributed by atoms with Gasteiger partial charge in [-0.2, -0.15) is 0 Å². The van der Waals surface area contributed by atoms with Gasteiger partial charge in [0.15, 0.2) is 0 Å². The molecule has 1 aliphatic heterocycles. The van der Waals surface area contributed by atoms with Crippen LogP contribution < -0.4 is 5.32 Å². The molecule has 0 saturated carbocycles. The number of hydrogen-bond acceptors (Lipinski definition) is 8. The van der Waals surface area contributed by atoms with Gasteiger partial charge in [0.05, 0.1) is 36.3 Å². The van der Waals surface area contributed by atoms with Crippen molar-refractivity contribution in [2.75, 3.05) is 11.9 Å². The number of carbonyl (C=O) groups excluding carboxylic acids is 1. The average molecular weight is 512 g/mol. The lowest BCUT2D eigenvalue weighted by Gasteiger charge is -2.13. The van der Waals surface area contributed by atoms with Crippen LogP contribution in [0.3, 0.4) is 0 Å². The van der Waals surface area contributed by atoms with Gasteiger partial charge in [-0.1, -0.05) is 31.2 Å². The molecular formula is C25H20ClF2N5O3. The average Bonchev–Trinajstić information content (AvgIpc) is 3.24. The predicted molar refractivity (Wildman–Crippen MR) is 131 cm³/mol. The van der Waals surface area contributed by atoms with Crippen molar-refractivity contribution in [2.45, 2.75) is 20.9 Å². The summed E-state index contributed by atoms with van der Waals surface area (Å²) < 4.78 is 39.6. The first kappa shape index (κ1) is 24.9. The van der Waals surface area contributed by atoms with Crippen LogP contribution in [0.4, 0.5) is 20.7 Å². The maximum Gasteiger partial charge on any atom is 0.376 e. The van der Waals surface area contributed by atoms with Gasteiger partial charge in [0.25, 0.3) is 0 Å². The molecule has 1 aliphatic rings. The van der Waals surface area contributed by atoms with E-state index in [1.807, 2.05) is 0 Å². The summed E-state index contributed by atoms with van der Waals surface area (Å²) in [5.74, 6) is -2.08. The van der Waals surface area contributed by atoms with E-state index in [9.17, 15) is 13.6 Å². The fraction of sp³-hybridized carbons (Fsp3) is 0.160. The Labute approximate surface area is 210 Å². The Kier molecular flexibility index (Phi) is 7.07. The van der Waals surface area contributed by atoms with Crippen LogP contribution >= 0.6 is 11.6 Å². The third kappa shape index (κ3) is 4.67. The first-order valence-corrected chi connectivity index (χ1v) is 10.9. The lowest BCUT2D eigenvalue weighted by Crippen LogP contribution is -2.10. The van der Waals surface area contributed by atoms with Crippen molar-refractivity contribution >= 4 is 35.2 Å². The number of carbonyl (C=O) groups is 1. The number of esters is 1. The molecule has 5 rings (SSSR count). The van der Waals surface area contributed by atoms with Gasteiger partial charge in [0, 0.05) is 27.9 Å². The third-order valence-electron chi connectivity index (χ3n) is 5.16. The number of hydrogen-bond donors (Lipinski definition) is 1. The molecule has 0 spiro atoms. The highest BCUT2D eigenvalue weighted by atomic mass is 35.5. The molecule has 4 aromatic rings. The molecule has 0 amide bonds. The van der Waals surface area contributed by atoms with Gasteiger partial charge < -0.3 is 9.15 Å². The van der Waals surface area contributed by atoms with Gasteiger partial charge in [0.1, 0.15) is 11.6 Å². The van der Waals surface area contributed by atoms with Crippen molar-refractivity contribution in [3.05, 3.63) is 87.9 Å². The fourth-order valence-electron chi connectivity index (χ4n) is 3.65. The van der Waals surface area contributed by atoms with Crippen molar-refractivity contribution in [3.63, 3.8) is 0 Å². The summed E-state index contributed by atoms with van der Waals surface area (Å²) in [4.78, 5) is 29.1. The zero-order valence-electron chi connectivity index (χ0n) is 18.2. The maximum absolute atomic E-state index is 14.7. The van der Waals surface area contributed by atoms with E-state index in [0.717, 1.165) is 0 Å². The second kappa shape index (κ2) is 10.2. The van der Waals surface area contributed by atoms with Crippen LogP contribution in [0.15, 0.2) is 58.2 Å². The Bertz CT molecular complexity index is 1470. The van der Waals surface area contributed by atoms with Crippen LogP contribution in [0.1, 0.15) is 41.6 Å². The quantitative estimate of drug-likeness (QED) is 0.329. The summed E-state index contributed by atoms with van der Waals surface area (Å²) in [6.07, 6.45) is 2.77. The molecule has 0 aliphatic carbocycles. The predicted octanol–water partition coefficient (Wildman–Crippen LogP) is 5.97. The lowest BCUT2D eigenvalue weighted by molar-refractivity contribution is 0.0491. The number of nitrogens with one attached hydrogen (secondary N) is 1. The van der Waals surface area contributed by atoms with Crippen molar-refractivity contribution in [1.82, 2.24) is 15.0 Å². The molecule has 3 heterocycles. The highest BCUT2D eigenvalue weighted by Crippen LogP contribution is 2.34. The highest BCUT2D eigenvalue weighted by Gasteiger charge is 2.25. The number of aromatic nitrogens is 3. The Balaban J connectivity index is 0.00000304. The van der Waals surface area contributed by atoms with Crippen LogP contribution in [0.25, 0.3) is 11.3 Å². The van der Waals surface area contributed by atoms with Crippen molar-refractivity contribution in [1.29, 1.82) is 0 Å². The van der Waals surface area contributed by atoms with Crippen molar-refractivity contribution in [3.8, 4) is 11.3 Å². The minimum Gasteiger partial charge on any atom is -0.460 e. The molecule has 0 fully saturated rings. The monoisotopic (exact) mass is 511 g/mol. The van der Waals surface area contributed by atoms with E-state index >= 15 is 0 Å². The third-order valence-corrected chi connectivity index (χ3v) is 5.40.